The summed E-state index contributed by atoms with van der Waals surface area (Å²) in [4.78, 5) is 11.6. The summed E-state index contributed by atoms with van der Waals surface area (Å²) in [6.07, 6.45) is -0.574. The van der Waals surface area contributed by atoms with Gasteiger partial charge in [-0.1, -0.05) is 36.4 Å². The summed E-state index contributed by atoms with van der Waals surface area (Å²) >= 11 is 3.18. The Bertz CT molecular complexity index is 572. The Morgan fingerprint density at radius 2 is 1.89 bits per heavy atom. The molecular formula is C14H12BrNO3. The van der Waals surface area contributed by atoms with Crippen molar-refractivity contribution < 1.29 is 14.6 Å². The average molecular weight is 322 g/mol. The van der Waals surface area contributed by atoms with Crippen molar-refractivity contribution in [3.63, 3.8) is 0 Å². The second-order valence-electron chi connectivity index (χ2n) is 3.83. The van der Waals surface area contributed by atoms with Gasteiger partial charge in [-0.2, -0.15) is 0 Å². The first-order chi connectivity index (χ1) is 9.16. The fraction of sp³-hybridized carbons (Fsp3) is 0.0714. The number of hydrogen-bond acceptors (Lipinski definition) is 3. The number of nitrogens with one attached hydrogen (secondary N) is 1. The molecule has 0 spiro atoms. The van der Waals surface area contributed by atoms with Gasteiger partial charge in [-0.15, -0.1) is 0 Å². The molecular weight excluding hydrogens is 310 g/mol. The van der Waals surface area contributed by atoms with Gasteiger partial charge in [0.05, 0.1) is 10.2 Å². The molecule has 0 aliphatic heterocycles. The van der Waals surface area contributed by atoms with Crippen molar-refractivity contribution in [1.29, 1.82) is 0 Å². The smallest absolute Gasteiger partial charge is 0.411 e. The lowest BCUT2D eigenvalue weighted by Crippen LogP contribution is -2.13. The van der Waals surface area contributed by atoms with E-state index < -0.39 is 6.09 Å². The Morgan fingerprint density at radius 3 is 2.63 bits per heavy atom. The summed E-state index contributed by atoms with van der Waals surface area (Å²) in [6.45, 7) is 0.198. The number of carbonyl (C=O) groups excluding carboxylic acids is 1. The second-order valence-corrected chi connectivity index (χ2v) is 4.62. The van der Waals surface area contributed by atoms with Crippen LogP contribution in [-0.2, 0) is 11.3 Å². The number of anilines is 1. The minimum Gasteiger partial charge on any atom is -0.507 e. The van der Waals surface area contributed by atoms with Crippen molar-refractivity contribution in [2.75, 3.05) is 5.32 Å². The van der Waals surface area contributed by atoms with Crippen LogP contribution in [0, 0.1) is 0 Å². The van der Waals surface area contributed by atoms with Crippen LogP contribution in [0.1, 0.15) is 5.56 Å². The zero-order valence-electron chi connectivity index (χ0n) is 9.97. The summed E-state index contributed by atoms with van der Waals surface area (Å²) in [5, 5.41) is 12.0. The summed E-state index contributed by atoms with van der Waals surface area (Å²) < 4.78 is 5.50. The highest BCUT2D eigenvalue weighted by atomic mass is 79.9. The van der Waals surface area contributed by atoms with Gasteiger partial charge in [0.1, 0.15) is 12.4 Å². The topological polar surface area (TPSA) is 58.6 Å². The van der Waals surface area contributed by atoms with Crippen molar-refractivity contribution in [3.05, 3.63) is 58.6 Å². The Labute approximate surface area is 119 Å². The molecule has 2 rings (SSSR count). The molecule has 2 N–H and O–H groups in total. The van der Waals surface area contributed by atoms with E-state index in [1.54, 1.807) is 12.1 Å². The standard InChI is InChI=1S/C14H12BrNO3/c15-13-11(7-4-8-12(13)17)16-14(18)19-9-10-5-2-1-3-6-10/h1-8,17H,9H2,(H,16,18). The maximum absolute atomic E-state index is 11.6. The van der Waals surface area contributed by atoms with E-state index in [0.717, 1.165) is 5.56 Å². The molecule has 0 radical (unpaired) electrons. The molecule has 0 aromatic heterocycles. The largest absolute Gasteiger partial charge is 0.507 e. The van der Waals surface area contributed by atoms with Crippen LogP contribution < -0.4 is 5.32 Å². The van der Waals surface area contributed by atoms with Gasteiger partial charge in [-0.05, 0) is 33.6 Å². The number of halogens is 1. The van der Waals surface area contributed by atoms with E-state index in [0.29, 0.717) is 10.2 Å². The molecule has 0 bridgehead atoms. The first-order valence-corrected chi connectivity index (χ1v) is 6.41. The maximum Gasteiger partial charge on any atom is 0.411 e. The average Bonchev–Trinajstić information content (AvgIpc) is 2.43. The molecule has 2 aromatic rings. The van der Waals surface area contributed by atoms with E-state index in [9.17, 15) is 9.90 Å². The Kier molecular flexibility index (Phi) is 4.41. The molecule has 4 nitrogen and oxygen atoms in total. The minimum atomic E-state index is -0.574. The number of benzene rings is 2. The first-order valence-electron chi connectivity index (χ1n) is 5.62. The van der Waals surface area contributed by atoms with Crippen LogP contribution in [0.2, 0.25) is 0 Å². The summed E-state index contributed by atoms with van der Waals surface area (Å²) in [5.74, 6) is 0.0564. The Balaban J connectivity index is 1.93. The summed E-state index contributed by atoms with van der Waals surface area (Å²) in [5.41, 5.74) is 1.37. The van der Waals surface area contributed by atoms with Crippen molar-refractivity contribution in [3.8, 4) is 5.75 Å². The molecule has 2 aromatic carbocycles. The predicted molar refractivity (Wildman–Crippen MR) is 76.1 cm³/mol. The van der Waals surface area contributed by atoms with Gasteiger partial charge in [0.15, 0.2) is 0 Å². The SMILES string of the molecule is O=C(Nc1cccc(O)c1Br)OCc1ccccc1. The minimum absolute atomic E-state index is 0.0564. The zero-order chi connectivity index (χ0) is 13.7. The summed E-state index contributed by atoms with van der Waals surface area (Å²) in [7, 11) is 0. The Morgan fingerprint density at radius 1 is 1.16 bits per heavy atom. The lowest BCUT2D eigenvalue weighted by molar-refractivity contribution is 0.155. The van der Waals surface area contributed by atoms with Gasteiger partial charge in [0, 0.05) is 0 Å². The van der Waals surface area contributed by atoms with Gasteiger partial charge >= 0.3 is 6.09 Å². The predicted octanol–water partition coefficient (Wildman–Crippen LogP) is 3.90. The Hall–Kier alpha value is -2.01. The van der Waals surface area contributed by atoms with Crippen LogP contribution >= 0.6 is 15.9 Å². The third kappa shape index (κ3) is 3.72. The maximum atomic E-state index is 11.6. The molecule has 1 amide bonds. The van der Waals surface area contributed by atoms with Gasteiger partial charge in [-0.3, -0.25) is 5.32 Å². The van der Waals surface area contributed by atoms with Crippen molar-refractivity contribution in [2.24, 2.45) is 0 Å². The number of rotatable bonds is 3. The van der Waals surface area contributed by atoms with Crippen LogP contribution in [0.25, 0.3) is 0 Å². The molecule has 0 saturated heterocycles. The second kappa shape index (κ2) is 6.24. The fourth-order valence-electron chi connectivity index (χ4n) is 1.49. The van der Waals surface area contributed by atoms with E-state index in [4.69, 9.17) is 4.74 Å². The van der Waals surface area contributed by atoms with Crippen molar-refractivity contribution >= 4 is 27.7 Å². The van der Waals surface area contributed by atoms with E-state index >= 15 is 0 Å². The molecule has 98 valence electrons. The third-order valence-corrected chi connectivity index (χ3v) is 3.26. The van der Waals surface area contributed by atoms with E-state index in [2.05, 4.69) is 21.2 Å². The highest BCUT2D eigenvalue weighted by Gasteiger charge is 2.09. The fourth-order valence-corrected chi connectivity index (χ4v) is 1.85. The summed E-state index contributed by atoms with van der Waals surface area (Å²) in [6, 6.07) is 14.2. The van der Waals surface area contributed by atoms with E-state index in [1.165, 1.54) is 6.07 Å². The van der Waals surface area contributed by atoms with Gasteiger partial charge < -0.3 is 9.84 Å². The molecule has 0 unspecified atom stereocenters. The van der Waals surface area contributed by atoms with E-state index in [-0.39, 0.29) is 12.4 Å². The zero-order valence-corrected chi connectivity index (χ0v) is 11.6. The molecule has 0 atom stereocenters. The van der Waals surface area contributed by atoms with Gasteiger partial charge in [0.25, 0.3) is 0 Å². The van der Waals surface area contributed by atoms with Crippen LogP contribution in [0.5, 0.6) is 5.75 Å². The molecule has 19 heavy (non-hydrogen) atoms. The quantitative estimate of drug-likeness (QED) is 0.901. The van der Waals surface area contributed by atoms with Crippen LogP contribution in [0.3, 0.4) is 0 Å². The monoisotopic (exact) mass is 321 g/mol. The van der Waals surface area contributed by atoms with Gasteiger partial charge in [0.2, 0.25) is 0 Å². The number of ether oxygens (including phenoxy) is 1. The highest BCUT2D eigenvalue weighted by Crippen LogP contribution is 2.31. The molecule has 0 heterocycles. The van der Waals surface area contributed by atoms with Crippen LogP contribution in [0.15, 0.2) is 53.0 Å². The number of aromatic hydroxyl groups is 1. The first kappa shape index (κ1) is 13.4. The lowest BCUT2D eigenvalue weighted by Gasteiger charge is -2.09. The molecule has 0 fully saturated rings. The number of hydrogen-bond donors (Lipinski definition) is 2. The van der Waals surface area contributed by atoms with Crippen molar-refractivity contribution in [1.82, 2.24) is 0 Å². The molecule has 0 aliphatic rings. The number of phenols is 1. The van der Waals surface area contributed by atoms with Gasteiger partial charge in [-0.25, -0.2) is 4.79 Å². The van der Waals surface area contributed by atoms with E-state index in [1.807, 2.05) is 30.3 Å². The highest BCUT2D eigenvalue weighted by molar-refractivity contribution is 9.10. The van der Waals surface area contributed by atoms with Crippen molar-refractivity contribution in [2.45, 2.75) is 6.61 Å². The van der Waals surface area contributed by atoms with Crippen LogP contribution in [0.4, 0.5) is 10.5 Å². The normalized spacial score (nSPS) is 9.95. The number of amides is 1. The number of carbonyl (C=O) groups is 1. The molecule has 0 saturated carbocycles. The van der Waals surface area contributed by atoms with Crippen LogP contribution in [-0.4, -0.2) is 11.2 Å². The lowest BCUT2D eigenvalue weighted by atomic mass is 10.2. The number of phenolic OH excluding ortho intramolecular Hbond substituents is 1. The molecule has 5 heteroatoms. The third-order valence-electron chi connectivity index (χ3n) is 2.43. The molecule has 0 aliphatic carbocycles.